The molecule has 0 amide bonds. The van der Waals surface area contributed by atoms with Crippen molar-refractivity contribution in [3.05, 3.63) is 12.0 Å². The SMILES string of the molecule is CCCCc1ncc(S(=O)(=O)OC)c(N(C)C)n1. The predicted molar refractivity (Wildman–Crippen MR) is 69.2 cm³/mol. The van der Waals surface area contributed by atoms with Crippen LogP contribution in [0, 0.1) is 0 Å². The van der Waals surface area contributed by atoms with Crippen molar-refractivity contribution >= 4 is 15.9 Å². The highest BCUT2D eigenvalue weighted by atomic mass is 32.2. The Hall–Kier alpha value is -1.21. The fourth-order valence-electron chi connectivity index (χ4n) is 1.44. The maximum absolute atomic E-state index is 11.7. The lowest BCUT2D eigenvalue weighted by molar-refractivity contribution is 0.397. The lowest BCUT2D eigenvalue weighted by Gasteiger charge is -2.16. The van der Waals surface area contributed by atoms with Crippen LogP contribution in [0.1, 0.15) is 25.6 Å². The van der Waals surface area contributed by atoms with Crippen molar-refractivity contribution in [3.63, 3.8) is 0 Å². The first-order valence-electron chi connectivity index (χ1n) is 5.76. The highest BCUT2D eigenvalue weighted by molar-refractivity contribution is 7.86. The minimum absolute atomic E-state index is 0.00440. The predicted octanol–water partition coefficient (Wildman–Crippen LogP) is 1.22. The molecule has 0 aromatic carbocycles. The van der Waals surface area contributed by atoms with Gasteiger partial charge in [-0.2, -0.15) is 8.42 Å². The number of rotatable bonds is 6. The third-order valence-electron chi connectivity index (χ3n) is 2.45. The highest BCUT2D eigenvalue weighted by Gasteiger charge is 2.21. The van der Waals surface area contributed by atoms with Crippen LogP contribution in [-0.4, -0.2) is 39.6 Å². The van der Waals surface area contributed by atoms with Gasteiger partial charge in [0.25, 0.3) is 0 Å². The Kier molecular flexibility index (Phi) is 5.03. The van der Waals surface area contributed by atoms with E-state index in [0.717, 1.165) is 26.4 Å². The number of unbranched alkanes of at least 4 members (excludes halogenated alkanes) is 1. The van der Waals surface area contributed by atoms with Crippen LogP contribution in [0.15, 0.2) is 11.1 Å². The van der Waals surface area contributed by atoms with Gasteiger partial charge in [0.2, 0.25) is 0 Å². The van der Waals surface area contributed by atoms with Crippen molar-refractivity contribution in [1.29, 1.82) is 0 Å². The number of anilines is 1. The zero-order chi connectivity index (χ0) is 13.8. The van der Waals surface area contributed by atoms with Crippen LogP contribution in [0.4, 0.5) is 5.82 Å². The van der Waals surface area contributed by atoms with Crippen LogP contribution in [-0.2, 0) is 20.7 Å². The van der Waals surface area contributed by atoms with Crippen molar-refractivity contribution in [1.82, 2.24) is 9.97 Å². The van der Waals surface area contributed by atoms with Crippen LogP contribution in [0.5, 0.6) is 0 Å². The van der Waals surface area contributed by atoms with Crippen molar-refractivity contribution in [3.8, 4) is 0 Å². The van der Waals surface area contributed by atoms with Gasteiger partial charge < -0.3 is 4.90 Å². The van der Waals surface area contributed by atoms with Gasteiger partial charge in [-0.15, -0.1) is 0 Å². The summed E-state index contributed by atoms with van der Waals surface area (Å²) in [5, 5.41) is 0. The maximum atomic E-state index is 11.7. The van der Waals surface area contributed by atoms with Gasteiger partial charge in [0, 0.05) is 20.5 Å². The Balaban J connectivity index is 3.21. The number of aryl methyl sites for hydroxylation is 1. The lowest BCUT2D eigenvalue weighted by atomic mass is 10.2. The second-order valence-electron chi connectivity index (χ2n) is 4.09. The van der Waals surface area contributed by atoms with Crippen molar-refractivity contribution in [2.45, 2.75) is 31.1 Å². The van der Waals surface area contributed by atoms with Crippen LogP contribution < -0.4 is 4.90 Å². The molecule has 1 heterocycles. The van der Waals surface area contributed by atoms with Crippen molar-refractivity contribution in [2.75, 3.05) is 26.1 Å². The van der Waals surface area contributed by atoms with Crippen LogP contribution >= 0.6 is 0 Å². The van der Waals surface area contributed by atoms with Gasteiger partial charge in [-0.25, -0.2) is 9.97 Å². The molecule has 0 bridgehead atoms. The van der Waals surface area contributed by atoms with Crippen LogP contribution in [0.2, 0.25) is 0 Å². The molecule has 0 fully saturated rings. The summed E-state index contributed by atoms with van der Waals surface area (Å²) in [5.41, 5.74) is 0. The summed E-state index contributed by atoms with van der Waals surface area (Å²) in [5.74, 6) is 1.01. The maximum Gasteiger partial charge on any atom is 0.301 e. The third kappa shape index (κ3) is 3.39. The smallest absolute Gasteiger partial charge is 0.301 e. The Morgan fingerprint density at radius 3 is 2.56 bits per heavy atom. The summed E-state index contributed by atoms with van der Waals surface area (Å²) in [6.45, 7) is 2.08. The van der Waals surface area contributed by atoms with Gasteiger partial charge in [0.15, 0.2) is 10.7 Å². The first-order chi connectivity index (χ1) is 8.42. The third-order valence-corrected chi connectivity index (χ3v) is 3.72. The molecular weight excluding hydrogens is 254 g/mol. The first-order valence-corrected chi connectivity index (χ1v) is 7.17. The van der Waals surface area contributed by atoms with E-state index in [-0.39, 0.29) is 4.90 Å². The van der Waals surface area contributed by atoms with E-state index in [0.29, 0.717) is 11.6 Å². The average molecular weight is 273 g/mol. The first kappa shape index (κ1) is 14.8. The van der Waals surface area contributed by atoms with Crippen LogP contribution in [0.3, 0.4) is 0 Å². The van der Waals surface area contributed by atoms with E-state index in [2.05, 4.69) is 21.1 Å². The number of aromatic nitrogens is 2. The summed E-state index contributed by atoms with van der Waals surface area (Å²) < 4.78 is 27.9. The average Bonchev–Trinajstić information content (AvgIpc) is 2.35. The van der Waals surface area contributed by atoms with Crippen molar-refractivity contribution < 1.29 is 12.6 Å². The fraction of sp³-hybridized carbons (Fsp3) is 0.636. The Bertz CT molecular complexity index is 500. The molecule has 0 spiro atoms. The number of hydrogen-bond donors (Lipinski definition) is 0. The molecule has 1 aromatic heterocycles. The Morgan fingerprint density at radius 2 is 2.06 bits per heavy atom. The van der Waals surface area contributed by atoms with E-state index in [1.54, 1.807) is 19.0 Å². The summed E-state index contributed by atoms with van der Waals surface area (Å²) in [7, 11) is 0.820. The molecule has 0 aliphatic rings. The molecule has 1 rings (SSSR count). The van der Waals surface area contributed by atoms with Crippen molar-refractivity contribution in [2.24, 2.45) is 0 Å². The molecule has 102 valence electrons. The summed E-state index contributed by atoms with van der Waals surface area (Å²) >= 11 is 0. The number of nitrogens with zero attached hydrogens (tertiary/aromatic N) is 3. The summed E-state index contributed by atoms with van der Waals surface area (Å²) in [6.07, 6.45) is 4.07. The zero-order valence-electron chi connectivity index (χ0n) is 11.2. The summed E-state index contributed by atoms with van der Waals surface area (Å²) in [4.78, 5) is 9.99. The lowest BCUT2D eigenvalue weighted by Crippen LogP contribution is -2.18. The van der Waals surface area contributed by atoms with Gasteiger partial charge in [-0.05, 0) is 6.42 Å². The molecule has 6 nitrogen and oxygen atoms in total. The molecule has 0 atom stereocenters. The van der Waals surface area contributed by atoms with Gasteiger partial charge >= 0.3 is 10.1 Å². The molecule has 0 saturated heterocycles. The molecule has 1 aromatic rings. The molecule has 0 aliphatic carbocycles. The zero-order valence-corrected chi connectivity index (χ0v) is 12.0. The summed E-state index contributed by atoms with van der Waals surface area (Å²) in [6, 6.07) is 0. The minimum atomic E-state index is -3.78. The molecular formula is C11H19N3O3S. The molecule has 0 aliphatic heterocycles. The topological polar surface area (TPSA) is 72.4 Å². The van der Waals surface area contributed by atoms with E-state index >= 15 is 0 Å². The Labute approximate surface area is 108 Å². The van der Waals surface area contributed by atoms with E-state index < -0.39 is 10.1 Å². The van der Waals surface area contributed by atoms with Gasteiger partial charge in [0.05, 0.1) is 13.3 Å². The van der Waals surface area contributed by atoms with Gasteiger partial charge in [0.1, 0.15) is 5.82 Å². The van der Waals surface area contributed by atoms with Gasteiger partial charge in [-0.3, -0.25) is 4.18 Å². The van der Waals surface area contributed by atoms with E-state index in [4.69, 9.17) is 0 Å². The molecule has 7 heteroatoms. The van der Waals surface area contributed by atoms with E-state index in [1.807, 2.05) is 0 Å². The molecule has 0 radical (unpaired) electrons. The second kappa shape index (κ2) is 6.10. The standard InChI is InChI=1S/C11H19N3O3S/c1-5-6-7-10-12-8-9(18(15,16)17-4)11(13-10)14(2)3/h8H,5-7H2,1-4H3. The van der Waals surface area contributed by atoms with E-state index in [9.17, 15) is 8.42 Å². The normalized spacial score (nSPS) is 11.6. The fourth-order valence-corrected chi connectivity index (χ4v) is 2.25. The molecule has 18 heavy (non-hydrogen) atoms. The van der Waals surface area contributed by atoms with E-state index in [1.165, 1.54) is 6.20 Å². The van der Waals surface area contributed by atoms with Crippen LogP contribution in [0.25, 0.3) is 0 Å². The monoisotopic (exact) mass is 273 g/mol. The minimum Gasteiger partial charge on any atom is -0.361 e. The number of hydrogen-bond acceptors (Lipinski definition) is 6. The Morgan fingerprint density at radius 1 is 1.39 bits per heavy atom. The molecule has 0 N–H and O–H groups in total. The van der Waals surface area contributed by atoms with Gasteiger partial charge in [-0.1, -0.05) is 13.3 Å². The molecule has 0 saturated carbocycles. The largest absolute Gasteiger partial charge is 0.361 e. The second-order valence-corrected chi connectivity index (χ2v) is 5.77. The highest BCUT2D eigenvalue weighted by Crippen LogP contribution is 2.22. The quantitative estimate of drug-likeness (QED) is 0.726. The molecule has 0 unspecified atom stereocenters.